The summed E-state index contributed by atoms with van der Waals surface area (Å²) in [6.45, 7) is 18.3. The lowest BCUT2D eigenvalue weighted by Crippen LogP contribution is -2.59. The second-order valence-corrected chi connectivity index (χ2v) is 18.7. The van der Waals surface area contributed by atoms with Crippen LogP contribution < -0.4 is 0 Å². The number of hydrogen-bond acceptors (Lipinski definition) is 7. The minimum Gasteiger partial charge on any atom is -0.302 e. The molecule has 0 aromatic rings. The summed E-state index contributed by atoms with van der Waals surface area (Å²) in [5, 5.41) is 0. The van der Waals surface area contributed by atoms with Crippen LogP contribution in [0.5, 0.6) is 0 Å². The number of imide groups is 1. The molecule has 1 saturated heterocycles. The standard InChI is InChI=1S/C26H41N5O4Si/c1-23(2)10-18(27-16-32)12-25(5,14-23)30-20(29-36(7,8)9)21(34)31(22(30)35)26(6)13-19(28-17-33)11-24(3,4)15-26/h18-19H,10-15H2,1-9H3. The predicted octanol–water partition coefficient (Wildman–Crippen LogP) is 4.83. The van der Waals surface area contributed by atoms with E-state index in [0.717, 1.165) is 0 Å². The minimum absolute atomic E-state index is 0.188. The zero-order chi connectivity index (χ0) is 27.3. The molecule has 3 rings (SSSR count). The molecule has 3 amide bonds. The van der Waals surface area contributed by atoms with Gasteiger partial charge in [0.2, 0.25) is 12.2 Å². The van der Waals surface area contributed by atoms with Crippen molar-refractivity contribution >= 4 is 38.2 Å². The quantitative estimate of drug-likeness (QED) is 0.226. The molecule has 1 aliphatic heterocycles. The molecule has 9 nitrogen and oxygen atoms in total. The van der Waals surface area contributed by atoms with E-state index in [4.69, 9.17) is 4.66 Å². The van der Waals surface area contributed by atoms with E-state index in [1.54, 1.807) is 17.1 Å². The van der Waals surface area contributed by atoms with E-state index in [0.29, 0.717) is 38.5 Å². The average Bonchev–Trinajstić information content (AvgIpc) is 2.88. The SMILES string of the molecule is CC1(C)CC(N=C=O)CC(C)(N2C(=O)C(=N[Si](C)(C)C)N(C3(C)CC(N=C=O)CC(C)(C)C3)C2=O)C1. The van der Waals surface area contributed by atoms with Gasteiger partial charge in [0.25, 0.3) is 5.91 Å². The number of amides is 3. The number of isocyanates is 2. The Morgan fingerprint density at radius 1 is 0.750 bits per heavy atom. The molecule has 0 N–H and O–H groups in total. The van der Waals surface area contributed by atoms with Gasteiger partial charge in [-0.1, -0.05) is 27.7 Å². The lowest BCUT2D eigenvalue weighted by molar-refractivity contribution is -0.126. The Hall–Kier alpha value is -2.41. The van der Waals surface area contributed by atoms with E-state index in [-0.39, 0.29) is 34.8 Å². The third-order valence-electron chi connectivity index (χ3n) is 7.63. The molecular formula is C26H41N5O4Si. The summed E-state index contributed by atoms with van der Waals surface area (Å²) < 4.78 is 4.90. The summed E-state index contributed by atoms with van der Waals surface area (Å²) in [5.74, 6) is -0.204. The molecule has 198 valence electrons. The van der Waals surface area contributed by atoms with Crippen LogP contribution in [-0.4, -0.2) is 71.1 Å². The highest BCUT2D eigenvalue weighted by molar-refractivity contribution is 6.77. The van der Waals surface area contributed by atoms with Crippen molar-refractivity contribution in [1.82, 2.24) is 9.80 Å². The molecule has 1 heterocycles. The number of nitrogens with zero attached hydrogens (tertiary/aromatic N) is 5. The monoisotopic (exact) mass is 515 g/mol. The number of carbonyl (C=O) groups excluding carboxylic acids is 4. The molecule has 2 aliphatic carbocycles. The first kappa shape index (κ1) is 28.2. The van der Waals surface area contributed by atoms with Gasteiger partial charge in [-0.15, -0.1) is 0 Å². The van der Waals surface area contributed by atoms with Gasteiger partial charge in [0.15, 0.2) is 14.1 Å². The summed E-state index contributed by atoms with van der Waals surface area (Å²) in [7, 11) is -2.17. The average molecular weight is 516 g/mol. The van der Waals surface area contributed by atoms with Crippen molar-refractivity contribution in [3.05, 3.63) is 0 Å². The minimum atomic E-state index is -2.17. The van der Waals surface area contributed by atoms with Crippen molar-refractivity contribution in [1.29, 1.82) is 0 Å². The van der Waals surface area contributed by atoms with E-state index in [9.17, 15) is 19.2 Å². The van der Waals surface area contributed by atoms with E-state index < -0.39 is 25.2 Å². The summed E-state index contributed by atoms with van der Waals surface area (Å²) >= 11 is 0. The number of aliphatic imine (C=N–C) groups is 2. The smallest absolute Gasteiger partial charge is 0.302 e. The predicted molar refractivity (Wildman–Crippen MR) is 141 cm³/mol. The first-order valence-electron chi connectivity index (χ1n) is 12.8. The molecule has 4 unspecified atom stereocenters. The molecule has 0 bridgehead atoms. The van der Waals surface area contributed by atoms with Gasteiger partial charge in [0.05, 0.1) is 23.2 Å². The Morgan fingerprint density at radius 3 is 1.56 bits per heavy atom. The Kier molecular flexibility index (Phi) is 7.16. The topological polar surface area (TPSA) is 112 Å². The maximum atomic E-state index is 14.3. The van der Waals surface area contributed by atoms with Crippen LogP contribution >= 0.6 is 0 Å². The highest BCUT2D eigenvalue weighted by Gasteiger charge is 2.60. The van der Waals surface area contributed by atoms with Crippen LogP contribution in [-0.2, 0) is 14.4 Å². The summed E-state index contributed by atoms with van der Waals surface area (Å²) in [4.78, 5) is 61.7. The molecule has 0 aromatic carbocycles. The van der Waals surface area contributed by atoms with Crippen LogP contribution in [0.1, 0.15) is 80.1 Å². The molecule has 0 spiro atoms. The molecule has 0 aromatic heterocycles. The van der Waals surface area contributed by atoms with Crippen molar-refractivity contribution < 1.29 is 19.2 Å². The molecule has 10 heteroatoms. The molecule has 3 aliphatic rings. The normalized spacial score (nSPS) is 35.4. The summed E-state index contributed by atoms with van der Waals surface area (Å²) in [6, 6.07) is -1.00. The van der Waals surface area contributed by atoms with E-state index in [2.05, 4.69) is 37.7 Å². The Morgan fingerprint density at radius 2 is 1.17 bits per heavy atom. The van der Waals surface area contributed by atoms with Crippen molar-refractivity contribution in [2.45, 2.75) is 123 Å². The zero-order valence-electron chi connectivity index (χ0n) is 23.3. The van der Waals surface area contributed by atoms with Crippen LogP contribution in [0, 0.1) is 10.8 Å². The molecule has 3 fully saturated rings. The van der Waals surface area contributed by atoms with Crippen molar-refractivity contribution in [2.75, 3.05) is 0 Å². The van der Waals surface area contributed by atoms with E-state index in [1.165, 1.54) is 4.90 Å². The third kappa shape index (κ3) is 5.61. The number of amidine groups is 1. The fraction of sp³-hybridized carbons (Fsp3) is 0.808. The number of carbonyl (C=O) groups is 2. The van der Waals surface area contributed by atoms with Crippen LogP contribution in [0.15, 0.2) is 14.6 Å². The maximum Gasteiger partial charge on any atom is 0.333 e. The molecular weight excluding hydrogens is 474 g/mol. The lowest BCUT2D eigenvalue weighted by atomic mass is 9.66. The number of hydrogen-bond donors (Lipinski definition) is 0. The van der Waals surface area contributed by atoms with Gasteiger partial charge >= 0.3 is 6.03 Å². The first-order chi connectivity index (χ1) is 16.4. The van der Waals surface area contributed by atoms with Crippen LogP contribution in [0.2, 0.25) is 19.6 Å². The van der Waals surface area contributed by atoms with Crippen molar-refractivity contribution in [3.8, 4) is 0 Å². The van der Waals surface area contributed by atoms with Crippen LogP contribution in [0.4, 0.5) is 4.79 Å². The van der Waals surface area contributed by atoms with Crippen molar-refractivity contribution in [2.24, 2.45) is 25.5 Å². The molecule has 4 atom stereocenters. The van der Waals surface area contributed by atoms with Gasteiger partial charge in [-0.25, -0.2) is 24.4 Å². The lowest BCUT2D eigenvalue weighted by Gasteiger charge is -2.50. The summed E-state index contributed by atoms with van der Waals surface area (Å²) in [5.41, 5.74) is -2.04. The second kappa shape index (κ2) is 9.16. The van der Waals surface area contributed by atoms with Gasteiger partial charge in [0.1, 0.15) is 0 Å². The van der Waals surface area contributed by atoms with E-state index >= 15 is 0 Å². The molecule has 0 radical (unpaired) electrons. The number of rotatable bonds is 5. The highest BCUT2D eigenvalue weighted by atomic mass is 28.3. The Balaban J connectivity index is 2.15. The molecule has 36 heavy (non-hydrogen) atoms. The second-order valence-electron chi connectivity index (χ2n) is 14.1. The third-order valence-corrected chi connectivity index (χ3v) is 8.51. The fourth-order valence-corrected chi connectivity index (χ4v) is 8.14. The van der Waals surface area contributed by atoms with Gasteiger partial charge in [0, 0.05) is 0 Å². The van der Waals surface area contributed by atoms with Gasteiger partial charge in [-0.05, 0) is 82.8 Å². The van der Waals surface area contributed by atoms with Crippen LogP contribution in [0.3, 0.4) is 0 Å². The largest absolute Gasteiger partial charge is 0.333 e. The van der Waals surface area contributed by atoms with Gasteiger partial charge < -0.3 is 4.66 Å². The highest BCUT2D eigenvalue weighted by Crippen LogP contribution is 2.50. The fourth-order valence-electron chi connectivity index (χ4n) is 7.31. The van der Waals surface area contributed by atoms with Crippen LogP contribution in [0.25, 0.3) is 0 Å². The Bertz CT molecular complexity index is 1070. The zero-order valence-corrected chi connectivity index (χ0v) is 24.3. The van der Waals surface area contributed by atoms with E-state index in [1.807, 2.05) is 33.5 Å². The first-order valence-corrected chi connectivity index (χ1v) is 16.2. The van der Waals surface area contributed by atoms with Gasteiger partial charge in [-0.2, -0.15) is 0 Å². The Labute approximate surface area is 215 Å². The van der Waals surface area contributed by atoms with Gasteiger partial charge in [-0.3, -0.25) is 14.6 Å². The maximum absolute atomic E-state index is 14.3. The summed E-state index contributed by atoms with van der Waals surface area (Å²) in [6.07, 6.45) is 6.84. The number of urea groups is 1. The van der Waals surface area contributed by atoms with Crippen molar-refractivity contribution in [3.63, 3.8) is 0 Å². The molecule has 2 saturated carbocycles.